The van der Waals surface area contributed by atoms with E-state index in [-0.39, 0.29) is 10.8 Å². The van der Waals surface area contributed by atoms with Gasteiger partial charge in [-0.3, -0.25) is 4.79 Å². The van der Waals surface area contributed by atoms with E-state index in [1.54, 1.807) is 6.92 Å². The summed E-state index contributed by atoms with van der Waals surface area (Å²) in [5.74, 6) is -0.186. The number of rotatable bonds is 4. The van der Waals surface area contributed by atoms with Crippen LogP contribution in [0.15, 0.2) is 17.0 Å². The molecule has 116 valence electrons. The summed E-state index contributed by atoms with van der Waals surface area (Å²) < 4.78 is 28.3. The molecule has 0 saturated carbocycles. The fourth-order valence-electron chi connectivity index (χ4n) is 2.43. The van der Waals surface area contributed by atoms with Crippen molar-refractivity contribution < 1.29 is 17.9 Å². The molecule has 0 spiro atoms. The van der Waals surface area contributed by atoms with E-state index in [0.29, 0.717) is 30.7 Å². The van der Waals surface area contributed by atoms with Crippen molar-refractivity contribution in [3.8, 4) is 0 Å². The van der Waals surface area contributed by atoms with Crippen LogP contribution < -0.4 is 10.5 Å². The van der Waals surface area contributed by atoms with Crippen molar-refractivity contribution in [1.29, 1.82) is 0 Å². The SMILES string of the molecule is CCc1cc(S(N)(=O)=O)cc(C)c1NC(=O)C1CCCO1. The summed E-state index contributed by atoms with van der Waals surface area (Å²) in [5, 5.41) is 8.02. The summed E-state index contributed by atoms with van der Waals surface area (Å²) in [5.41, 5.74) is 2.06. The van der Waals surface area contributed by atoms with Gasteiger partial charge in [-0.05, 0) is 49.4 Å². The second kappa shape index (κ2) is 6.13. The van der Waals surface area contributed by atoms with Crippen LogP contribution in [0.2, 0.25) is 0 Å². The Balaban J connectivity index is 2.32. The molecule has 1 aromatic carbocycles. The lowest BCUT2D eigenvalue weighted by Gasteiger charge is -2.17. The van der Waals surface area contributed by atoms with Crippen molar-refractivity contribution >= 4 is 21.6 Å². The number of primary sulfonamides is 1. The maximum absolute atomic E-state index is 12.1. The molecule has 21 heavy (non-hydrogen) atoms. The van der Waals surface area contributed by atoms with Crippen LogP contribution in [0.25, 0.3) is 0 Å². The van der Waals surface area contributed by atoms with Gasteiger partial charge in [-0.25, -0.2) is 13.6 Å². The van der Waals surface area contributed by atoms with Gasteiger partial charge in [0.15, 0.2) is 0 Å². The number of carbonyl (C=O) groups excluding carboxylic acids is 1. The number of aryl methyl sites for hydroxylation is 2. The van der Waals surface area contributed by atoms with Gasteiger partial charge >= 0.3 is 0 Å². The zero-order chi connectivity index (χ0) is 15.6. The molecular weight excluding hydrogens is 292 g/mol. The fraction of sp³-hybridized carbons (Fsp3) is 0.500. The van der Waals surface area contributed by atoms with Crippen molar-refractivity contribution in [2.45, 2.75) is 44.1 Å². The number of nitrogens with two attached hydrogens (primary N) is 1. The smallest absolute Gasteiger partial charge is 0.253 e. The van der Waals surface area contributed by atoms with Gasteiger partial charge in [-0.1, -0.05) is 6.92 Å². The standard InChI is InChI=1S/C14H20N2O4S/c1-3-10-8-11(21(15,18)19)7-9(2)13(10)16-14(17)12-5-4-6-20-12/h7-8,12H,3-6H2,1-2H3,(H,16,17)(H2,15,18,19). The Kier molecular flexibility index (Phi) is 4.65. The molecule has 1 aliphatic rings. The molecule has 3 N–H and O–H groups in total. The van der Waals surface area contributed by atoms with Crippen LogP contribution in [-0.2, 0) is 26.0 Å². The molecule has 6 nitrogen and oxygen atoms in total. The first-order chi connectivity index (χ1) is 9.82. The zero-order valence-corrected chi connectivity index (χ0v) is 13.0. The monoisotopic (exact) mass is 312 g/mol. The molecular formula is C14H20N2O4S. The zero-order valence-electron chi connectivity index (χ0n) is 12.2. The predicted octanol–water partition coefficient (Wildman–Crippen LogP) is 1.32. The van der Waals surface area contributed by atoms with Crippen LogP contribution in [0.4, 0.5) is 5.69 Å². The third kappa shape index (κ3) is 3.61. The summed E-state index contributed by atoms with van der Waals surface area (Å²) in [6.45, 7) is 4.24. The number of nitrogens with one attached hydrogen (secondary N) is 1. The van der Waals surface area contributed by atoms with Crippen molar-refractivity contribution in [3.05, 3.63) is 23.3 Å². The number of hydrogen-bond donors (Lipinski definition) is 2. The minimum absolute atomic E-state index is 0.0620. The van der Waals surface area contributed by atoms with Gasteiger partial charge in [-0.2, -0.15) is 0 Å². The summed E-state index contributed by atoms with van der Waals surface area (Å²) in [4.78, 5) is 12.2. The fourth-order valence-corrected chi connectivity index (χ4v) is 3.08. The largest absolute Gasteiger partial charge is 0.368 e. The number of ether oxygens (including phenoxy) is 1. The van der Waals surface area contributed by atoms with Crippen molar-refractivity contribution in [1.82, 2.24) is 0 Å². The maximum Gasteiger partial charge on any atom is 0.253 e. The molecule has 1 saturated heterocycles. The molecule has 0 bridgehead atoms. The lowest BCUT2D eigenvalue weighted by molar-refractivity contribution is -0.124. The average molecular weight is 312 g/mol. The van der Waals surface area contributed by atoms with Crippen LogP contribution in [0, 0.1) is 6.92 Å². The molecule has 1 aromatic rings. The van der Waals surface area contributed by atoms with Gasteiger partial charge in [0, 0.05) is 12.3 Å². The third-order valence-corrected chi connectivity index (χ3v) is 4.46. The normalized spacial score (nSPS) is 18.7. The Hall–Kier alpha value is -1.44. The van der Waals surface area contributed by atoms with Crippen molar-refractivity contribution in [2.75, 3.05) is 11.9 Å². The van der Waals surface area contributed by atoms with Gasteiger partial charge in [0.1, 0.15) is 6.10 Å². The van der Waals surface area contributed by atoms with Crippen LogP contribution in [0.5, 0.6) is 0 Å². The van der Waals surface area contributed by atoms with E-state index in [1.165, 1.54) is 12.1 Å². The van der Waals surface area contributed by atoms with E-state index in [2.05, 4.69) is 5.32 Å². The molecule has 2 rings (SSSR count). The Labute approximate surface area is 124 Å². The number of amides is 1. The second-order valence-corrected chi connectivity index (χ2v) is 6.73. The lowest BCUT2D eigenvalue weighted by atomic mass is 10.1. The Morgan fingerprint density at radius 2 is 2.19 bits per heavy atom. The average Bonchev–Trinajstić information content (AvgIpc) is 2.93. The van der Waals surface area contributed by atoms with Crippen LogP contribution in [0.1, 0.15) is 30.9 Å². The highest BCUT2D eigenvalue weighted by molar-refractivity contribution is 7.89. The molecule has 1 unspecified atom stereocenters. The number of sulfonamides is 1. The van der Waals surface area contributed by atoms with Crippen molar-refractivity contribution in [2.24, 2.45) is 5.14 Å². The topological polar surface area (TPSA) is 98.5 Å². The van der Waals surface area contributed by atoms with Crippen LogP contribution in [-0.4, -0.2) is 27.0 Å². The maximum atomic E-state index is 12.1. The number of carbonyl (C=O) groups is 1. The summed E-state index contributed by atoms with van der Waals surface area (Å²) >= 11 is 0. The first kappa shape index (κ1) is 15.9. The van der Waals surface area contributed by atoms with E-state index in [9.17, 15) is 13.2 Å². The van der Waals surface area contributed by atoms with E-state index in [1.807, 2.05) is 6.92 Å². The van der Waals surface area contributed by atoms with Crippen molar-refractivity contribution in [3.63, 3.8) is 0 Å². The minimum atomic E-state index is -3.76. The Morgan fingerprint density at radius 1 is 1.48 bits per heavy atom. The van der Waals surface area contributed by atoms with Crippen LogP contribution >= 0.6 is 0 Å². The second-order valence-electron chi connectivity index (χ2n) is 5.16. The van der Waals surface area contributed by atoms with Gasteiger partial charge < -0.3 is 10.1 Å². The van der Waals surface area contributed by atoms with E-state index >= 15 is 0 Å². The molecule has 0 radical (unpaired) electrons. The summed E-state index contributed by atoms with van der Waals surface area (Å²) in [6.07, 6.45) is 1.75. The Bertz CT molecular complexity index is 649. The Morgan fingerprint density at radius 3 is 2.71 bits per heavy atom. The van der Waals surface area contributed by atoms with Gasteiger partial charge in [0.25, 0.3) is 5.91 Å². The first-order valence-corrected chi connectivity index (χ1v) is 8.46. The number of benzene rings is 1. The number of hydrogen-bond acceptors (Lipinski definition) is 4. The van der Waals surface area contributed by atoms with Gasteiger partial charge in [0.05, 0.1) is 4.90 Å². The van der Waals surface area contributed by atoms with E-state index in [0.717, 1.165) is 12.0 Å². The van der Waals surface area contributed by atoms with E-state index < -0.39 is 16.1 Å². The summed E-state index contributed by atoms with van der Waals surface area (Å²) in [7, 11) is -3.76. The quantitative estimate of drug-likeness (QED) is 0.876. The first-order valence-electron chi connectivity index (χ1n) is 6.91. The molecule has 0 aromatic heterocycles. The molecule has 1 atom stereocenters. The molecule has 7 heteroatoms. The lowest BCUT2D eigenvalue weighted by Crippen LogP contribution is -2.28. The highest BCUT2D eigenvalue weighted by Crippen LogP contribution is 2.26. The molecule has 1 fully saturated rings. The number of anilines is 1. The third-order valence-electron chi connectivity index (χ3n) is 3.57. The minimum Gasteiger partial charge on any atom is -0.368 e. The van der Waals surface area contributed by atoms with Gasteiger partial charge in [-0.15, -0.1) is 0 Å². The predicted molar refractivity (Wildman–Crippen MR) is 79.5 cm³/mol. The van der Waals surface area contributed by atoms with Crippen LogP contribution in [0.3, 0.4) is 0 Å². The molecule has 1 heterocycles. The van der Waals surface area contributed by atoms with E-state index in [4.69, 9.17) is 9.88 Å². The highest BCUT2D eigenvalue weighted by Gasteiger charge is 2.25. The molecule has 1 aliphatic heterocycles. The molecule has 1 amide bonds. The van der Waals surface area contributed by atoms with Gasteiger partial charge in [0.2, 0.25) is 10.0 Å². The molecule has 0 aliphatic carbocycles. The highest BCUT2D eigenvalue weighted by atomic mass is 32.2. The summed E-state index contributed by atoms with van der Waals surface area (Å²) in [6, 6.07) is 2.98.